The van der Waals surface area contributed by atoms with Crippen molar-refractivity contribution >= 4 is 17.8 Å². The van der Waals surface area contributed by atoms with Crippen LogP contribution in [0.4, 0.5) is 10.6 Å². The first-order chi connectivity index (χ1) is 9.65. The molecular weight excluding hydrogens is 260 g/mol. The number of carbonyl (C=O) groups excluding carboxylic acids is 2. The Hall–Kier alpha value is -2.96. The third-order valence-corrected chi connectivity index (χ3v) is 2.35. The number of aromatic nitrogens is 2. The van der Waals surface area contributed by atoms with Crippen LogP contribution < -0.4 is 11.1 Å². The molecule has 0 aliphatic heterocycles. The van der Waals surface area contributed by atoms with Gasteiger partial charge in [0.05, 0.1) is 12.4 Å². The predicted molar refractivity (Wildman–Crippen MR) is 70.8 cm³/mol. The molecule has 1 aromatic heterocycles. The van der Waals surface area contributed by atoms with Crippen LogP contribution >= 0.6 is 0 Å². The van der Waals surface area contributed by atoms with E-state index in [2.05, 4.69) is 15.3 Å². The van der Waals surface area contributed by atoms with Crippen molar-refractivity contribution in [1.29, 1.82) is 0 Å². The topological polar surface area (TPSA) is 107 Å². The average Bonchev–Trinajstić information content (AvgIpc) is 2.47. The average molecular weight is 272 g/mol. The van der Waals surface area contributed by atoms with Gasteiger partial charge in [-0.05, 0) is 5.56 Å². The molecule has 7 nitrogen and oxygen atoms in total. The van der Waals surface area contributed by atoms with Crippen LogP contribution in [-0.2, 0) is 11.3 Å². The van der Waals surface area contributed by atoms with E-state index in [-0.39, 0.29) is 18.1 Å². The van der Waals surface area contributed by atoms with Crippen LogP contribution in [-0.4, -0.2) is 22.0 Å². The Morgan fingerprint density at radius 1 is 1.15 bits per heavy atom. The van der Waals surface area contributed by atoms with Crippen molar-refractivity contribution in [2.75, 3.05) is 5.32 Å². The molecule has 0 aliphatic rings. The summed E-state index contributed by atoms with van der Waals surface area (Å²) >= 11 is 0. The lowest BCUT2D eigenvalue weighted by molar-refractivity contribution is 0.0995. The molecule has 2 rings (SSSR count). The summed E-state index contributed by atoms with van der Waals surface area (Å²) in [5, 5.41) is 2.39. The van der Waals surface area contributed by atoms with Crippen LogP contribution in [0.15, 0.2) is 42.7 Å². The Morgan fingerprint density at radius 3 is 2.50 bits per heavy atom. The zero-order valence-corrected chi connectivity index (χ0v) is 10.4. The number of nitrogens with one attached hydrogen (secondary N) is 1. The second-order valence-electron chi connectivity index (χ2n) is 3.84. The minimum Gasteiger partial charge on any atom is -0.444 e. The number of rotatable bonds is 4. The van der Waals surface area contributed by atoms with Crippen LogP contribution in [0.1, 0.15) is 16.1 Å². The lowest BCUT2D eigenvalue weighted by atomic mass is 10.2. The largest absolute Gasteiger partial charge is 0.444 e. The highest BCUT2D eigenvalue weighted by Crippen LogP contribution is 2.04. The van der Waals surface area contributed by atoms with Gasteiger partial charge >= 0.3 is 6.09 Å². The number of hydrogen-bond donors (Lipinski definition) is 2. The predicted octanol–water partition coefficient (Wildman–Crippen LogP) is 1.32. The van der Waals surface area contributed by atoms with E-state index in [0.717, 1.165) is 5.56 Å². The highest BCUT2D eigenvalue weighted by Gasteiger charge is 2.07. The first-order valence-electron chi connectivity index (χ1n) is 5.74. The van der Waals surface area contributed by atoms with Gasteiger partial charge in [-0.2, -0.15) is 0 Å². The number of nitrogens with zero attached hydrogens (tertiary/aromatic N) is 2. The fourth-order valence-corrected chi connectivity index (χ4v) is 1.38. The van der Waals surface area contributed by atoms with Crippen LogP contribution in [0.2, 0.25) is 0 Å². The van der Waals surface area contributed by atoms with E-state index in [0.29, 0.717) is 0 Å². The Balaban J connectivity index is 1.86. The Morgan fingerprint density at radius 2 is 1.90 bits per heavy atom. The third kappa shape index (κ3) is 3.77. The summed E-state index contributed by atoms with van der Waals surface area (Å²) in [5.74, 6) is -0.510. The number of primary amides is 1. The fourth-order valence-electron chi connectivity index (χ4n) is 1.38. The summed E-state index contributed by atoms with van der Waals surface area (Å²) in [6, 6.07) is 9.26. The highest BCUT2D eigenvalue weighted by atomic mass is 16.5. The summed E-state index contributed by atoms with van der Waals surface area (Å²) in [5.41, 5.74) is 5.92. The summed E-state index contributed by atoms with van der Waals surface area (Å²) in [7, 11) is 0. The molecule has 2 aromatic rings. The molecule has 102 valence electrons. The monoisotopic (exact) mass is 272 g/mol. The molecule has 0 radical (unpaired) electrons. The van der Waals surface area contributed by atoms with Crippen molar-refractivity contribution in [3.63, 3.8) is 0 Å². The van der Waals surface area contributed by atoms with Crippen LogP contribution in [0.5, 0.6) is 0 Å². The van der Waals surface area contributed by atoms with E-state index in [1.165, 1.54) is 12.4 Å². The van der Waals surface area contributed by atoms with Crippen molar-refractivity contribution in [2.24, 2.45) is 5.73 Å². The van der Waals surface area contributed by atoms with Crippen molar-refractivity contribution in [3.05, 3.63) is 54.0 Å². The molecule has 0 atom stereocenters. The molecule has 0 aliphatic carbocycles. The fraction of sp³-hybridized carbons (Fsp3) is 0.0769. The Kier molecular flexibility index (Phi) is 4.23. The third-order valence-electron chi connectivity index (χ3n) is 2.35. The van der Waals surface area contributed by atoms with Gasteiger partial charge in [0, 0.05) is 0 Å². The van der Waals surface area contributed by atoms with E-state index < -0.39 is 12.0 Å². The lowest BCUT2D eigenvalue weighted by Gasteiger charge is -2.06. The smallest absolute Gasteiger partial charge is 0.413 e. The molecule has 0 unspecified atom stereocenters. The second kappa shape index (κ2) is 6.28. The van der Waals surface area contributed by atoms with Crippen LogP contribution in [0.3, 0.4) is 0 Å². The molecule has 3 N–H and O–H groups in total. The lowest BCUT2D eigenvalue weighted by Crippen LogP contribution is -2.17. The van der Waals surface area contributed by atoms with Gasteiger partial charge in [0.2, 0.25) is 0 Å². The maximum absolute atomic E-state index is 11.5. The first kappa shape index (κ1) is 13.5. The van der Waals surface area contributed by atoms with E-state index in [4.69, 9.17) is 10.5 Å². The molecule has 0 spiro atoms. The van der Waals surface area contributed by atoms with E-state index in [1.54, 1.807) is 0 Å². The minimum absolute atomic E-state index is 0.0215. The zero-order valence-electron chi connectivity index (χ0n) is 10.4. The van der Waals surface area contributed by atoms with Crippen molar-refractivity contribution in [1.82, 2.24) is 9.97 Å². The van der Waals surface area contributed by atoms with Crippen molar-refractivity contribution in [3.8, 4) is 0 Å². The molecule has 1 heterocycles. The Bertz CT molecular complexity index is 599. The van der Waals surface area contributed by atoms with Gasteiger partial charge in [-0.15, -0.1) is 0 Å². The zero-order chi connectivity index (χ0) is 14.4. The van der Waals surface area contributed by atoms with Gasteiger partial charge in [-0.3, -0.25) is 10.1 Å². The molecule has 1 aromatic carbocycles. The first-order valence-corrected chi connectivity index (χ1v) is 5.74. The minimum atomic E-state index is -0.685. The molecule has 0 bridgehead atoms. The summed E-state index contributed by atoms with van der Waals surface area (Å²) < 4.78 is 5.00. The highest BCUT2D eigenvalue weighted by molar-refractivity contribution is 5.90. The SMILES string of the molecule is NC(=O)c1cnc(NC(=O)OCc2ccccc2)cn1. The summed E-state index contributed by atoms with van der Waals surface area (Å²) in [4.78, 5) is 29.9. The number of nitrogens with two attached hydrogens (primary N) is 1. The maximum Gasteiger partial charge on any atom is 0.413 e. The van der Waals surface area contributed by atoms with Crippen LogP contribution in [0.25, 0.3) is 0 Å². The van der Waals surface area contributed by atoms with Crippen LogP contribution in [0, 0.1) is 0 Å². The second-order valence-corrected chi connectivity index (χ2v) is 3.84. The molecule has 0 fully saturated rings. The number of benzene rings is 1. The molecular formula is C13H12N4O3. The summed E-state index contributed by atoms with van der Waals surface area (Å²) in [6.45, 7) is 0.152. The van der Waals surface area contributed by atoms with E-state index >= 15 is 0 Å². The van der Waals surface area contributed by atoms with Crippen molar-refractivity contribution in [2.45, 2.75) is 6.61 Å². The molecule has 7 heteroatoms. The van der Waals surface area contributed by atoms with Gasteiger partial charge in [-0.25, -0.2) is 14.8 Å². The number of amides is 2. The quantitative estimate of drug-likeness (QED) is 0.872. The Labute approximate surface area is 114 Å². The molecule has 0 saturated carbocycles. The van der Waals surface area contributed by atoms with Gasteiger partial charge in [0.1, 0.15) is 12.3 Å². The number of ether oxygens (including phenoxy) is 1. The van der Waals surface area contributed by atoms with Crippen molar-refractivity contribution < 1.29 is 14.3 Å². The summed E-state index contributed by atoms with van der Waals surface area (Å²) in [6.07, 6.45) is 1.74. The van der Waals surface area contributed by atoms with E-state index in [1.807, 2.05) is 30.3 Å². The van der Waals surface area contributed by atoms with Gasteiger partial charge in [0.25, 0.3) is 5.91 Å². The number of anilines is 1. The van der Waals surface area contributed by atoms with E-state index in [9.17, 15) is 9.59 Å². The maximum atomic E-state index is 11.5. The molecule has 2 amide bonds. The molecule has 20 heavy (non-hydrogen) atoms. The number of carbonyl (C=O) groups is 2. The molecule has 0 saturated heterocycles. The standard InChI is InChI=1S/C13H12N4O3/c14-12(18)10-6-16-11(7-15-10)17-13(19)20-8-9-4-2-1-3-5-9/h1-7H,8H2,(H2,14,18)(H,16,17,19). The normalized spacial score (nSPS) is 9.80. The van der Waals surface area contributed by atoms with Gasteiger partial charge in [-0.1, -0.05) is 30.3 Å². The van der Waals surface area contributed by atoms with Gasteiger partial charge < -0.3 is 10.5 Å². The van der Waals surface area contributed by atoms with Gasteiger partial charge in [0.15, 0.2) is 5.82 Å². The number of hydrogen-bond acceptors (Lipinski definition) is 5.